The van der Waals surface area contributed by atoms with E-state index < -0.39 is 5.91 Å². The summed E-state index contributed by atoms with van der Waals surface area (Å²) in [6, 6.07) is 27.2. The molecular weight excluding hydrogens is 440 g/mol. The van der Waals surface area contributed by atoms with Crippen LogP contribution < -0.4 is 14.9 Å². The van der Waals surface area contributed by atoms with Crippen molar-refractivity contribution in [2.45, 2.75) is 13.5 Å². The summed E-state index contributed by atoms with van der Waals surface area (Å²) in [6.07, 6.45) is 1.54. The van der Waals surface area contributed by atoms with Crippen LogP contribution in [0.25, 0.3) is 21.7 Å². The summed E-state index contributed by atoms with van der Waals surface area (Å²) in [5.74, 6) is 0.986. The summed E-state index contributed by atoms with van der Waals surface area (Å²) >= 11 is 0. The van der Waals surface area contributed by atoms with Crippen molar-refractivity contribution in [2.75, 3.05) is 7.11 Å². The zero-order valence-corrected chi connectivity index (χ0v) is 19.4. The first-order chi connectivity index (χ1) is 17.1. The van der Waals surface area contributed by atoms with Gasteiger partial charge < -0.3 is 13.9 Å². The van der Waals surface area contributed by atoms with Gasteiger partial charge in [-0.2, -0.15) is 5.10 Å². The Labute approximate surface area is 202 Å². The lowest BCUT2D eigenvalue weighted by atomic mass is 10.1. The number of carbonyl (C=O) groups excluding carboxylic acids is 1. The number of methoxy groups -OCH3 is 1. The highest BCUT2D eigenvalue weighted by molar-refractivity contribution is 6.08. The molecule has 0 radical (unpaired) electrons. The highest BCUT2D eigenvalue weighted by Gasteiger charge is 2.13. The first-order valence-corrected chi connectivity index (χ1v) is 11.2. The molecule has 0 aliphatic carbocycles. The standard InChI is InChI=1S/C29H24N2O4/c1-19-6-5-7-21(14-19)18-34-26-12-10-20(15-27(26)33-2)17-30-31-29(32)28-16-24-23-9-4-3-8-22(23)11-13-25(24)35-28/h3-17H,18H2,1-2H3,(H,31,32)/b30-17-. The van der Waals surface area contributed by atoms with Gasteiger partial charge in [0.1, 0.15) is 12.2 Å². The quantitative estimate of drug-likeness (QED) is 0.228. The van der Waals surface area contributed by atoms with E-state index in [0.717, 1.165) is 27.3 Å². The molecule has 0 atom stereocenters. The van der Waals surface area contributed by atoms with E-state index in [1.165, 1.54) is 5.56 Å². The number of nitrogens with one attached hydrogen (secondary N) is 1. The summed E-state index contributed by atoms with van der Waals surface area (Å²) in [5, 5.41) is 7.09. The normalized spacial score (nSPS) is 11.3. The fourth-order valence-electron chi connectivity index (χ4n) is 3.97. The van der Waals surface area contributed by atoms with Crippen molar-refractivity contribution in [3.05, 3.63) is 107 Å². The molecule has 1 amide bonds. The summed E-state index contributed by atoms with van der Waals surface area (Å²) in [5.41, 5.74) is 6.20. The predicted molar refractivity (Wildman–Crippen MR) is 137 cm³/mol. The minimum atomic E-state index is -0.424. The molecule has 174 valence electrons. The highest BCUT2D eigenvalue weighted by Crippen LogP contribution is 2.29. The number of fused-ring (bicyclic) bond motifs is 3. The van der Waals surface area contributed by atoms with E-state index in [9.17, 15) is 4.79 Å². The molecule has 35 heavy (non-hydrogen) atoms. The number of furan rings is 1. The molecule has 1 heterocycles. The molecule has 5 rings (SSSR count). The van der Waals surface area contributed by atoms with Gasteiger partial charge >= 0.3 is 5.91 Å². The number of benzene rings is 4. The van der Waals surface area contributed by atoms with Gasteiger partial charge in [0.15, 0.2) is 17.3 Å². The van der Waals surface area contributed by atoms with Crippen molar-refractivity contribution >= 4 is 33.9 Å². The Kier molecular flexibility index (Phi) is 6.18. The molecule has 4 aromatic carbocycles. The number of amides is 1. The van der Waals surface area contributed by atoms with E-state index in [2.05, 4.69) is 16.6 Å². The van der Waals surface area contributed by atoms with Crippen molar-refractivity contribution in [1.82, 2.24) is 5.43 Å². The average Bonchev–Trinajstić information content (AvgIpc) is 3.33. The van der Waals surface area contributed by atoms with E-state index in [4.69, 9.17) is 13.9 Å². The fraction of sp³-hybridized carbons (Fsp3) is 0.103. The topological polar surface area (TPSA) is 73.1 Å². The molecule has 0 fully saturated rings. The third kappa shape index (κ3) is 4.87. The molecule has 5 aromatic rings. The third-order valence-electron chi connectivity index (χ3n) is 5.69. The molecular formula is C29H24N2O4. The minimum absolute atomic E-state index is 0.200. The summed E-state index contributed by atoms with van der Waals surface area (Å²) < 4.78 is 17.1. The number of nitrogens with zero attached hydrogens (tertiary/aromatic N) is 1. The molecule has 0 spiro atoms. The third-order valence-corrected chi connectivity index (χ3v) is 5.69. The van der Waals surface area contributed by atoms with Gasteiger partial charge in [0, 0.05) is 5.39 Å². The smallest absolute Gasteiger partial charge is 0.307 e. The van der Waals surface area contributed by atoms with Crippen LogP contribution in [0.4, 0.5) is 0 Å². The van der Waals surface area contributed by atoms with Crippen molar-refractivity contribution in [3.8, 4) is 11.5 Å². The number of aryl methyl sites for hydroxylation is 1. The lowest BCUT2D eigenvalue weighted by Crippen LogP contribution is -2.16. The summed E-state index contributed by atoms with van der Waals surface area (Å²) in [4.78, 5) is 12.6. The number of hydrazone groups is 1. The van der Waals surface area contributed by atoms with E-state index in [1.807, 2.05) is 73.7 Å². The zero-order chi connectivity index (χ0) is 24.2. The zero-order valence-electron chi connectivity index (χ0n) is 19.4. The molecule has 6 heteroatoms. The van der Waals surface area contributed by atoms with Gasteiger partial charge in [-0.1, -0.05) is 60.2 Å². The average molecular weight is 465 g/mol. The lowest BCUT2D eigenvalue weighted by molar-refractivity contribution is 0.0929. The van der Waals surface area contributed by atoms with Crippen LogP contribution in [0, 0.1) is 6.92 Å². The van der Waals surface area contributed by atoms with Crippen molar-refractivity contribution < 1.29 is 18.7 Å². The Hall–Kier alpha value is -4.58. The van der Waals surface area contributed by atoms with E-state index >= 15 is 0 Å². The van der Waals surface area contributed by atoms with E-state index in [1.54, 1.807) is 25.5 Å². The molecule has 1 aromatic heterocycles. The minimum Gasteiger partial charge on any atom is -0.493 e. The van der Waals surface area contributed by atoms with Gasteiger partial charge in [-0.25, -0.2) is 5.43 Å². The first-order valence-electron chi connectivity index (χ1n) is 11.2. The van der Waals surface area contributed by atoms with Gasteiger partial charge in [0.05, 0.1) is 13.3 Å². The molecule has 0 aliphatic heterocycles. The summed E-state index contributed by atoms with van der Waals surface area (Å²) in [7, 11) is 1.59. The van der Waals surface area contributed by atoms with Crippen LogP contribution in [0.3, 0.4) is 0 Å². The second kappa shape index (κ2) is 9.73. The van der Waals surface area contributed by atoms with Crippen LogP contribution in [0.2, 0.25) is 0 Å². The largest absolute Gasteiger partial charge is 0.493 e. The number of carbonyl (C=O) groups is 1. The van der Waals surface area contributed by atoms with E-state index in [0.29, 0.717) is 23.7 Å². The van der Waals surface area contributed by atoms with Gasteiger partial charge in [0.2, 0.25) is 0 Å². The molecule has 0 aliphatic rings. The maximum absolute atomic E-state index is 12.6. The van der Waals surface area contributed by atoms with E-state index in [-0.39, 0.29) is 5.76 Å². The van der Waals surface area contributed by atoms with Crippen LogP contribution in [-0.2, 0) is 6.61 Å². The Bertz CT molecular complexity index is 1550. The number of hydrogen-bond donors (Lipinski definition) is 1. The van der Waals surface area contributed by atoms with Crippen molar-refractivity contribution in [2.24, 2.45) is 5.10 Å². The maximum Gasteiger partial charge on any atom is 0.307 e. The Morgan fingerprint density at radius 2 is 1.83 bits per heavy atom. The van der Waals surface area contributed by atoms with Crippen LogP contribution in [0.5, 0.6) is 11.5 Å². The SMILES string of the molecule is COc1cc(/C=N\NC(=O)c2cc3c(ccc4ccccc43)o2)ccc1OCc1cccc(C)c1. The first kappa shape index (κ1) is 22.2. The van der Waals surface area contributed by atoms with Crippen molar-refractivity contribution in [3.63, 3.8) is 0 Å². The predicted octanol–water partition coefficient (Wildman–Crippen LogP) is 6.25. The number of hydrogen-bond acceptors (Lipinski definition) is 5. The second-order valence-electron chi connectivity index (χ2n) is 8.20. The molecule has 0 unspecified atom stereocenters. The maximum atomic E-state index is 12.6. The monoisotopic (exact) mass is 464 g/mol. The fourth-order valence-corrected chi connectivity index (χ4v) is 3.97. The van der Waals surface area contributed by atoms with Gasteiger partial charge in [-0.3, -0.25) is 4.79 Å². The second-order valence-corrected chi connectivity index (χ2v) is 8.20. The molecule has 0 saturated heterocycles. The highest BCUT2D eigenvalue weighted by atomic mass is 16.5. The molecule has 0 bridgehead atoms. The Balaban J connectivity index is 1.26. The van der Waals surface area contributed by atoms with Gasteiger partial charge in [-0.15, -0.1) is 0 Å². The molecule has 1 N–H and O–H groups in total. The lowest BCUT2D eigenvalue weighted by Gasteiger charge is -2.11. The van der Waals surface area contributed by atoms with Crippen LogP contribution >= 0.6 is 0 Å². The van der Waals surface area contributed by atoms with Gasteiger partial charge in [0.25, 0.3) is 0 Å². The summed E-state index contributed by atoms with van der Waals surface area (Å²) in [6.45, 7) is 2.49. The number of rotatable bonds is 7. The molecule has 0 saturated carbocycles. The van der Waals surface area contributed by atoms with Gasteiger partial charge in [-0.05, 0) is 59.2 Å². The Morgan fingerprint density at radius 1 is 0.943 bits per heavy atom. The van der Waals surface area contributed by atoms with Crippen LogP contribution in [0.15, 0.2) is 94.4 Å². The van der Waals surface area contributed by atoms with Crippen LogP contribution in [0.1, 0.15) is 27.2 Å². The van der Waals surface area contributed by atoms with Crippen molar-refractivity contribution in [1.29, 1.82) is 0 Å². The Morgan fingerprint density at radius 3 is 2.69 bits per heavy atom. The van der Waals surface area contributed by atoms with Crippen LogP contribution in [-0.4, -0.2) is 19.2 Å². The molecule has 6 nitrogen and oxygen atoms in total. The number of ether oxygens (including phenoxy) is 2.